The molecule has 2 fully saturated rings. The van der Waals surface area contributed by atoms with Crippen LogP contribution in [0.15, 0.2) is 70.5 Å². The monoisotopic (exact) mass is 635 g/mol. The molecular formula is C35H45N3O6S. The van der Waals surface area contributed by atoms with Crippen LogP contribution in [0, 0.1) is 6.92 Å². The first-order valence-electron chi connectivity index (χ1n) is 15.6. The van der Waals surface area contributed by atoms with Gasteiger partial charge in [-0.2, -0.15) is 0 Å². The molecule has 242 valence electrons. The number of amides is 1. The smallest absolute Gasteiger partial charge is 0.254 e. The second kappa shape index (κ2) is 13.8. The van der Waals surface area contributed by atoms with Crippen LogP contribution in [-0.2, 0) is 9.84 Å². The standard InChI is InChI=1S/C35H45N3O6S/c1-24-9-7-8-10-30(24)35(39)36-19-17-28(18-20-36)37-21-22-38(25(2)23-37)26(3)27-11-13-29(14-12-27)45(40,41)32-16-15-31(42-4)33(43-5)34(32)44-6/h7-16,25-26,28H,17-23H2,1-6H3/t25-,26+/m1/s1. The first-order chi connectivity index (χ1) is 21.6. The number of nitrogens with zero attached hydrogens (tertiary/aromatic N) is 3. The fourth-order valence-corrected chi connectivity index (χ4v) is 8.27. The minimum absolute atomic E-state index is 0.0265. The number of likely N-dealkylation sites (tertiary alicyclic amines) is 1. The van der Waals surface area contributed by atoms with Gasteiger partial charge in [0.05, 0.1) is 26.2 Å². The summed E-state index contributed by atoms with van der Waals surface area (Å²) in [6, 6.07) is 19.0. The van der Waals surface area contributed by atoms with E-state index in [-0.39, 0.29) is 33.2 Å². The normalized spacial score (nSPS) is 19.2. The zero-order chi connectivity index (χ0) is 32.3. The molecule has 0 N–H and O–H groups in total. The number of hydrogen-bond acceptors (Lipinski definition) is 8. The Hall–Kier alpha value is -3.60. The van der Waals surface area contributed by atoms with Crippen molar-refractivity contribution >= 4 is 15.7 Å². The number of ether oxygens (including phenoxy) is 3. The lowest BCUT2D eigenvalue weighted by molar-refractivity contribution is 0.0135. The van der Waals surface area contributed by atoms with Crippen molar-refractivity contribution < 1.29 is 27.4 Å². The quantitative estimate of drug-likeness (QED) is 0.316. The van der Waals surface area contributed by atoms with Crippen molar-refractivity contribution in [3.63, 3.8) is 0 Å². The molecule has 3 aromatic carbocycles. The highest BCUT2D eigenvalue weighted by molar-refractivity contribution is 7.91. The van der Waals surface area contributed by atoms with Crippen molar-refractivity contribution in [3.05, 3.63) is 77.4 Å². The van der Waals surface area contributed by atoms with Crippen molar-refractivity contribution in [1.82, 2.24) is 14.7 Å². The number of carbonyl (C=O) groups is 1. The van der Waals surface area contributed by atoms with Crippen molar-refractivity contribution in [1.29, 1.82) is 0 Å². The molecule has 3 aromatic rings. The summed E-state index contributed by atoms with van der Waals surface area (Å²) in [4.78, 5) is 20.4. The predicted molar refractivity (Wildman–Crippen MR) is 174 cm³/mol. The lowest BCUT2D eigenvalue weighted by atomic mass is 9.98. The lowest BCUT2D eigenvalue weighted by Gasteiger charge is -2.47. The molecule has 2 aliphatic rings. The van der Waals surface area contributed by atoms with Gasteiger partial charge in [-0.15, -0.1) is 0 Å². The molecule has 0 unspecified atom stereocenters. The number of benzene rings is 3. The fourth-order valence-electron chi connectivity index (χ4n) is 6.85. The van der Waals surface area contributed by atoms with Gasteiger partial charge in [0.25, 0.3) is 5.91 Å². The number of piperazine rings is 1. The number of rotatable bonds is 9. The number of piperidine rings is 1. The van der Waals surface area contributed by atoms with Gasteiger partial charge in [-0.1, -0.05) is 30.3 Å². The maximum Gasteiger partial charge on any atom is 0.254 e. The molecule has 2 heterocycles. The summed E-state index contributed by atoms with van der Waals surface area (Å²) in [5, 5.41) is 0. The maximum absolute atomic E-state index is 13.6. The van der Waals surface area contributed by atoms with Gasteiger partial charge < -0.3 is 19.1 Å². The summed E-state index contributed by atoms with van der Waals surface area (Å²) in [5.74, 6) is 0.885. The highest BCUT2D eigenvalue weighted by atomic mass is 32.2. The zero-order valence-corrected chi connectivity index (χ0v) is 28.0. The third-order valence-electron chi connectivity index (χ3n) is 9.48. The van der Waals surface area contributed by atoms with Crippen molar-refractivity contribution in [3.8, 4) is 17.2 Å². The van der Waals surface area contributed by atoms with E-state index in [1.54, 1.807) is 18.2 Å². The van der Waals surface area contributed by atoms with Gasteiger partial charge in [-0.05, 0) is 75.1 Å². The molecule has 0 saturated carbocycles. The first kappa shape index (κ1) is 32.8. The molecule has 0 spiro atoms. The summed E-state index contributed by atoms with van der Waals surface area (Å²) in [6.07, 6.45) is 1.97. The van der Waals surface area contributed by atoms with Crippen molar-refractivity contribution in [2.75, 3.05) is 54.1 Å². The molecule has 0 aliphatic carbocycles. The Morgan fingerprint density at radius 2 is 1.51 bits per heavy atom. The molecule has 45 heavy (non-hydrogen) atoms. The van der Waals surface area contributed by atoms with E-state index in [0.717, 1.165) is 62.3 Å². The molecule has 10 heteroatoms. The predicted octanol–water partition coefficient (Wildman–Crippen LogP) is 5.23. The molecule has 0 bridgehead atoms. The Bertz CT molecular complexity index is 1600. The Kier molecular flexibility index (Phi) is 10.1. The Labute approximate surface area is 267 Å². The SMILES string of the molecule is COc1ccc(S(=O)(=O)c2ccc([C@H](C)N3CCN(C4CCN(C(=O)c5ccccc5C)CC4)C[C@H]3C)cc2)c(OC)c1OC. The molecule has 2 aliphatic heterocycles. The van der Waals surface area contributed by atoms with E-state index >= 15 is 0 Å². The number of aryl methyl sites for hydroxylation is 1. The Balaban J connectivity index is 1.21. The van der Waals surface area contributed by atoms with Crippen LogP contribution in [0.4, 0.5) is 0 Å². The molecule has 5 rings (SSSR count). The van der Waals surface area contributed by atoms with Crippen LogP contribution in [0.2, 0.25) is 0 Å². The van der Waals surface area contributed by atoms with Gasteiger partial charge >= 0.3 is 0 Å². The van der Waals surface area contributed by atoms with Crippen LogP contribution in [0.3, 0.4) is 0 Å². The summed E-state index contributed by atoms with van der Waals surface area (Å²) in [5.41, 5.74) is 2.90. The minimum atomic E-state index is -3.87. The number of carbonyl (C=O) groups excluding carboxylic acids is 1. The van der Waals surface area contributed by atoms with E-state index in [4.69, 9.17) is 14.2 Å². The second-order valence-electron chi connectivity index (χ2n) is 12.0. The Morgan fingerprint density at radius 3 is 2.11 bits per heavy atom. The topological polar surface area (TPSA) is 88.6 Å². The van der Waals surface area contributed by atoms with Crippen LogP contribution < -0.4 is 14.2 Å². The van der Waals surface area contributed by atoms with Crippen LogP contribution in [0.5, 0.6) is 17.2 Å². The minimum Gasteiger partial charge on any atom is -0.493 e. The van der Waals surface area contributed by atoms with Crippen LogP contribution >= 0.6 is 0 Å². The van der Waals surface area contributed by atoms with Gasteiger partial charge in [0.15, 0.2) is 11.5 Å². The Morgan fingerprint density at radius 1 is 0.844 bits per heavy atom. The summed E-state index contributed by atoms with van der Waals surface area (Å²) in [7, 11) is 0.489. The third kappa shape index (κ3) is 6.55. The van der Waals surface area contributed by atoms with E-state index < -0.39 is 9.84 Å². The van der Waals surface area contributed by atoms with Gasteiger partial charge in [0, 0.05) is 56.4 Å². The number of hydrogen-bond donors (Lipinski definition) is 0. The average molecular weight is 636 g/mol. The van der Waals surface area contributed by atoms with E-state index in [9.17, 15) is 13.2 Å². The molecular weight excluding hydrogens is 590 g/mol. The highest BCUT2D eigenvalue weighted by Gasteiger charge is 2.34. The van der Waals surface area contributed by atoms with Gasteiger partial charge in [0.2, 0.25) is 15.6 Å². The van der Waals surface area contributed by atoms with Crippen LogP contribution in [0.25, 0.3) is 0 Å². The molecule has 2 saturated heterocycles. The largest absolute Gasteiger partial charge is 0.493 e. The van der Waals surface area contributed by atoms with Crippen molar-refractivity contribution in [2.45, 2.75) is 61.5 Å². The molecule has 9 nitrogen and oxygen atoms in total. The summed E-state index contributed by atoms with van der Waals surface area (Å²) >= 11 is 0. The average Bonchev–Trinajstić information content (AvgIpc) is 3.07. The van der Waals surface area contributed by atoms with Crippen LogP contribution in [0.1, 0.15) is 54.2 Å². The second-order valence-corrected chi connectivity index (χ2v) is 13.9. The lowest BCUT2D eigenvalue weighted by Crippen LogP contribution is -2.57. The molecule has 1 amide bonds. The summed E-state index contributed by atoms with van der Waals surface area (Å²) < 4.78 is 43.4. The maximum atomic E-state index is 13.6. The summed E-state index contributed by atoms with van der Waals surface area (Å²) in [6.45, 7) is 10.9. The van der Waals surface area contributed by atoms with E-state index in [0.29, 0.717) is 17.8 Å². The molecule has 0 aromatic heterocycles. The van der Waals surface area contributed by atoms with E-state index in [1.807, 2.05) is 48.2 Å². The number of methoxy groups -OCH3 is 3. The molecule has 2 atom stereocenters. The molecule has 0 radical (unpaired) electrons. The van der Waals surface area contributed by atoms with E-state index in [2.05, 4.69) is 23.6 Å². The zero-order valence-electron chi connectivity index (χ0n) is 27.2. The van der Waals surface area contributed by atoms with Gasteiger partial charge in [0.1, 0.15) is 4.90 Å². The highest BCUT2D eigenvalue weighted by Crippen LogP contribution is 2.43. The van der Waals surface area contributed by atoms with Gasteiger partial charge in [-0.3, -0.25) is 14.6 Å². The van der Waals surface area contributed by atoms with Crippen molar-refractivity contribution in [2.24, 2.45) is 0 Å². The van der Waals surface area contributed by atoms with Gasteiger partial charge in [-0.25, -0.2) is 8.42 Å². The third-order valence-corrected chi connectivity index (χ3v) is 11.3. The fraction of sp³-hybridized carbons (Fsp3) is 0.457. The van der Waals surface area contributed by atoms with Crippen LogP contribution in [-0.4, -0.2) is 95.2 Å². The van der Waals surface area contributed by atoms with E-state index in [1.165, 1.54) is 27.4 Å². The first-order valence-corrected chi connectivity index (χ1v) is 17.1. The number of sulfone groups is 1.